The molecule has 2 N–H and O–H groups in total. The summed E-state index contributed by atoms with van der Waals surface area (Å²) in [6, 6.07) is 12.3. The highest BCUT2D eigenvalue weighted by molar-refractivity contribution is 7.03. The number of hydrogen-bond donors (Lipinski definition) is 1. The Morgan fingerprint density at radius 1 is 1.10 bits per heavy atom. The highest BCUT2D eigenvalue weighted by Crippen LogP contribution is 2.59. The predicted molar refractivity (Wildman–Crippen MR) is 184 cm³/mol. The van der Waals surface area contributed by atoms with E-state index in [1.54, 1.807) is 12.1 Å². The lowest BCUT2D eigenvalue weighted by Crippen LogP contribution is -2.47. The van der Waals surface area contributed by atoms with Gasteiger partial charge in [0.2, 0.25) is 0 Å². The quantitative estimate of drug-likeness (QED) is 0.115. The molecule has 2 aliphatic rings. The van der Waals surface area contributed by atoms with Crippen molar-refractivity contribution < 1.29 is 31.9 Å². The number of amides is 1. The summed E-state index contributed by atoms with van der Waals surface area (Å²) in [6.07, 6.45) is -1.99. The van der Waals surface area contributed by atoms with Gasteiger partial charge in [-0.15, -0.1) is 0 Å². The molecule has 1 aliphatic heterocycles. The number of benzene rings is 2. The molecule has 0 radical (unpaired) electrons. The van der Waals surface area contributed by atoms with Crippen molar-refractivity contribution in [2.75, 3.05) is 6.61 Å². The van der Waals surface area contributed by atoms with Gasteiger partial charge in [0.05, 0.1) is 28.9 Å². The molecule has 2 aromatic carbocycles. The molecule has 0 unspecified atom stereocenters. The number of rotatable bonds is 12. The summed E-state index contributed by atoms with van der Waals surface area (Å²) in [5.41, 5.74) is 5.62. The van der Waals surface area contributed by atoms with E-state index >= 15 is 0 Å². The van der Waals surface area contributed by atoms with Gasteiger partial charge in [-0.1, -0.05) is 62.7 Å². The van der Waals surface area contributed by atoms with Gasteiger partial charge in [-0.05, 0) is 72.5 Å². The van der Waals surface area contributed by atoms with Crippen molar-refractivity contribution in [3.8, 4) is 16.9 Å². The number of aliphatic imine (C=N–C) groups is 1. The third-order valence-electron chi connectivity index (χ3n) is 9.34. The minimum Gasteiger partial charge on any atom is -0.463 e. The molecule has 2 atom stereocenters. The molecule has 1 fully saturated rings. The van der Waals surface area contributed by atoms with Gasteiger partial charge in [-0.25, -0.2) is 32.2 Å². The smallest absolute Gasteiger partial charge is 0.306 e. The summed E-state index contributed by atoms with van der Waals surface area (Å²) in [5.74, 6) is -5.36. The van der Waals surface area contributed by atoms with Crippen molar-refractivity contribution >= 4 is 41.0 Å². The zero-order valence-corrected chi connectivity index (χ0v) is 29.8. The Morgan fingerprint density at radius 3 is 2.39 bits per heavy atom. The number of nitrogens with zero attached hydrogens (tertiary/aromatic N) is 6. The molecule has 1 aliphatic carbocycles. The maximum Gasteiger partial charge on any atom is 0.306 e. The fourth-order valence-electron chi connectivity index (χ4n) is 6.58. The predicted octanol–water partition coefficient (Wildman–Crippen LogP) is 7.88. The number of esters is 1. The summed E-state index contributed by atoms with van der Waals surface area (Å²) >= 11 is 7.77. The van der Waals surface area contributed by atoms with E-state index in [1.807, 2.05) is 44.4 Å². The van der Waals surface area contributed by atoms with E-state index in [2.05, 4.69) is 14.5 Å². The van der Waals surface area contributed by atoms with Crippen LogP contribution in [0.5, 0.6) is 0 Å². The van der Waals surface area contributed by atoms with E-state index in [4.69, 9.17) is 27.1 Å². The molecular formula is C35H36ClF4N7O3S. The Morgan fingerprint density at radius 2 is 1.80 bits per heavy atom. The molecule has 6 rings (SSSR count). The molecule has 0 spiro atoms. The molecule has 270 valence electrons. The largest absolute Gasteiger partial charge is 0.463 e. The van der Waals surface area contributed by atoms with Gasteiger partial charge in [-0.2, -0.15) is 9.47 Å². The zero-order valence-electron chi connectivity index (χ0n) is 28.2. The molecule has 0 bridgehead atoms. The Hall–Kier alpha value is -4.37. The van der Waals surface area contributed by atoms with Crippen molar-refractivity contribution in [3.05, 3.63) is 82.2 Å². The molecule has 16 heteroatoms. The molecule has 2 aromatic heterocycles. The Labute approximate surface area is 300 Å². The van der Waals surface area contributed by atoms with Gasteiger partial charge < -0.3 is 10.5 Å². The van der Waals surface area contributed by atoms with Gasteiger partial charge in [-0.3, -0.25) is 14.5 Å². The average Bonchev–Trinajstić information content (AvgIpc) is 3.38. The van der Waals surface area contributed by atoms with Crippen LogP contribution in [0.3, 0.4) is 0 Å². The maximum atomic E-state index is 14.9. The van der Waals surface area contributed by atoms with Crippen LogP contribution in [-0.2, 0) is 19.9 Å². The zero-order chi connectivity index (χ0) is 36.9. The van der Waals surface area contributed by atoms with Crippen LogP contribution in [-0.4, -0.2) is 54.4 Å². The lowest BCUT2D eigenvalue weighted by Gasteiger charge is -2.35. The van der Waals surface area contributed by atoms with Crippen LogP contribution in [0.1, 0.15) is 82.8 Å². The molecule has 4 aromatic rings. The maximum absolute atomic E-state index is 14.9. The van der Waals surface area contributed by atoms with E-state index in [1.165, 1.54) is 34.6 Å². The minimum atomic E-state index is -3.10. The lowest BCUT2D eigenvalue weighted by molar-refractivity contribution is -0.153. The third-order valence-corrected chi connectivity index (χ3v) is 10.2. The molecule has 0 saturated heterocycles. The van der Waals surface area contributed by atoms with Crippen LogP contribution in [0.25, 0.3) is 16.9 Å². The Balaban J connectivity index is 1.41. The third kappa shape index (κ3) is 7.10. The molecule has 10 nitrogen and oxygen atoms in total. The fraction of sp³-hybridized carbons (Fsp3) is 0.429. The molecule has 3 heterocycles. The first-order chi connectivity index (χ1) is 23.9. The van der Waals surface area contributed by atoms with E-state index in [9.17, 15) is 27.2 Å². The number of nitrogens with two attached hydrogens (primary N) is 1. The van der Waals surface area contributed by atoms with Crippen molar-refractivity contribution in [2.24, 2.45) is 21.6 Å². The van der Waals surface area contributed by atoms with Crippen LogP contribution < -0.4 is 5.73 Å². The summed E-state index contributed by atoms with van der Waals surface area (Å²) in [6.45, 7) is 6.14. The van der Waals surface area contributed by atoms with E-state index in [0.717, 1.165) is 29.2 Å². The number of ether oxygens (including phenoxy) is 1. The van der Waals surface area contributed by atoms with Gasteiger partial charge in [0.1, 0.15) is 12.9 Å². The van der Waals surface area contributed by atoms with Gasteiger partial charge in [0.15, 0.2) is 17.3 Å². The normalized spacial score (nSPS) is 19.4. The first-order valence-electron chi connectivity index (χ1n) is 16.2. The fourth-order valence-corrected chi connectivity index (χ4v) is 7.31. The molecule has 1 amide bonds. The summed E-state index contributed by atoms with van der Waals surface area (Å²) < 4.78 is 67.3. The number of carbonyl (C=O) groups is 2. The average molecular weight is 746 g/mol. The van der Waals surface area contributed by atoms with Gasteiger partial charge in [0.25, 0.3) is 18.3 Å². The van der Waals surface area contributed by atoms with Crippen molar-refractivity contribution in [1.29, 1.82) is 0 Å². The number of halogens is 5. The molecular weight excluding hydrogens is 710 g/mol. The second kappa shape index (κ2) is 13.3. The number of carbonyl (C=O) groups excluding carboxylic acids is 2. The van der Waals surface area contributed by atoms with E-state index in [0.29, 0.717) is 5.56 Å². The standard InChI is InChI=1S/C35H36ClF4N7O3S/c1-32(2,3)18-35(22-8-5-20(6-9-22)24-11-14-51-45-24)30(49)46(31(41)44-35)26(17-50-27(48)16-34(12-13-34)33(4,39)40)21-7-10-23(36)25(15-21)47-29(28(37)38)42-19-43-47/h5-11,14-15,19,26,28H,12-13,16-18H2,1-4H3,(H2,41,44)/t26-,35-/m1/s1. The second-order valence-corrected chi connectivity index (χ2v) is 15.4. The summed E-state index contributed by atoms with van der Waals surface area (Å²) in [5, 5.41) is 5.82. The van der Waals surface area contributed by atoms with Crippen LogP contribution in [0.15, 0.2) is 65.2 Å². The van der Waals surface area contributed by atoms with Crippen LogP contribution in [0.4, 0.5) is 17.6 Å². The van der Waals surface area contributed by atoms with Crippen molar-refractivity contribution in [3.63, 3.8) is 0 Å². The lowest BCUT2D eigenvalue weighted by atomic mass is 9.75. The van der Waals surface area contributed by atoms with E-state index < -0.39 is 65.5 Å². The number of aromatic nitrogens is 4. The highest BCUT2D eigenvalue weighted by atomic mass is 35.5. The molecule has 1 saturated carbocycles. The van der Waals surface area contributed by atoms with Crippen molar-refractivity contribution in [2.45, 2.75) is 77.3 Å². The van der Waals surface area contributed by atoms with Gasteiger partial charge >= 0.3 is 5.97 Å². The van der Waals surface area contributed by atoms with Crippen LogP contribution in [0, 0.1) is 10.8 Å². The van der Waals surface area contributed by atoms with Crippen molar-refractivity contribution in [1.82, 2.24) is 24.0 Å². The first-order valence-corrected chi connectivity index (χ1v) is 17.4. The number of alkyl halides is 4. The van der Waals surface area contributed by atoms with Crippen LogP contribution >= 0.6 is 23.1 Å². The number of hydrogen-bond acceptors (Lipinski definition) is 9. The Kier molecular flexibility index (Phi) is 9.51. The number of guanidine groups is 1. The topological polar surface area (TPSA) is 129 Å². The monoisotopic (exact) mass is 745 g/mol. The van der Waals surface area contributed by atoms with E-state index in [-0.39, 0.29) is 41.5 Å². The van der Waals surface area contributed by atoms with Gasteiger partial charge in [0, 0.05) is 16.4 Å². The second-order valence-electron chi connectivity index (χ2n) is 14.3. The molecule has 51 heavy (non-hydrogen) atoms. The summed E-state index contributed by atoms with van der Waals surface area (Å²) in [7, 11) is 0. The summed E-state index contributed by atoms with van der Waals surface area (Å²) in [4.78, 5) is 37.7. The Bertz CT molecular complexity index is 1950. The first kappa shape index (κ1) is 36.4. The van der Waals surface area contributed by atoms with Crippen LogP contribution in [0.2, 0.25) is 5.02 Å². The SMILES string of the molecule is CC(C)(C)C[C@]1(c2ccc(-c3ccsn3)cc2)N=C(N)N([C@H](COC(=O)CC2(C(C)(F)F)CC2)c2ccc(Cl)c(-n3ncnc3C(F)F)c2)C1=O. The highest BCUT2D eigenvalue weighted by Gasteiger charge is 2.60. The minimum absolute atomic E-state index is 0.0154.